The van der Waals surface area contributed by atoms with Gasteiger partial charge in [0.25, 0.3) is 7.82 Å². The molecular formula is C16H29N5Na2O15P2. The Bertz CT molecular complexity index is 1010. The van der Waals surface area contributed by atoms with Crippen molar-refractivity contribution in [1.82, 2.24) is 15.5 Å². The van der Waals surface area contributed by atoms with Gasteiger partial charge >= 0.3 is 66.9 Å². The van der Waals surface area contributed by atoms with E-state index in [1.807, 2.05) is 0 Å². The molecule has 24 heteroatoms. The summed E-state index contributed by atoms with van der Waals surface area (Å²) in [6.45, 7) is 0.280. The van der Waals surface area contributed by atoms with Gasteiger partial charge in [-0.15, -0.1) is 0 Å². The number of hydrogen-bond donors (Lipinski definition) is 9. The van der Waals surface area contributed by atoms with Gasteiger partial charge in [0.2, 0.25) is 0 Å². The van der Waals surface area contributed by atoms with Crippen molar-refractivity contribution < 1.29 is 132 Å². The zero-order chi connectivity index (χ0) is 28.2. The number of ether oxygens (including phenoxy) is 2. The van der Waals surface area contributed by atoms with Crippen molar-refractivity contribution in [2.45, 2.75) is 80.7 Å². The number of phosphoric ester groups is 2. The zero-order valence-electron chi connectivity index (χ0n) is 21.6. The van der Waals surface area contributed by atoms with Gasteiger partial charge in [0.15, 0.2) is 12.6 Å². The molecule has 14 atom stereocenters. The van der Waals surface area contributed by atoms with Gasteiger partial charge in [-0.1, -0.05) is 0 Å². The standard InChI is InChI=1S/C16H31N5O15P2.2Na/c1-4-7(22)9(24)11(26)15(33-4)35-38(30,31)36-37(28,29)32-2-5-8(23)10(25)14(34-5)21-3-18-6-12(21)19-16(17)20-13(6)27;;/h4-12,14-16,18-19,22-26H,2-3,17H2,1H3,(H,20,27)(H,28,29)(H,30,31);;/q;2*+1/p-2/t4-,5+,6?,7+,8+,9+,10+,11-,12?,14+,15+,16?;;/m0../s1. The van der Waals surface area contributed by atoms with E-state index in [1.54, 1.807) is 0 Å². The van der Waals surface area contributed by atoms with Gasteiger partial charge in [0, 0.05) is 0 Å². The van der Waals surface area contributed by atoms with Crippen LogP contribution in [0, 0.1) is 0 Å². The molecule has 40 heavy (non-hydrogen) atoms. The number of aliphatic hydroxyl groups excluding tert-OH is 5. The van der Waals surface area contributed by atoms with E-state index in [2.05, 4.69) is 29.0 Å². The number of rotatable bonds is 8. The minimum atomic E-state index is -5.65. The molecule has 0 radical (unpaired) electrons. The first-order valence-corrected chi connectivity index (χ1v) is 14.2. The molecule has 0 aromatic carbocycles. The average Bonchev–Trinajstić information content (AvgIpc) is 3.35. The van der Waals surface area contributed by atoms with Gasteiger partial charge < -0.3 is 54.4 Å². The molecule has 0 aromatic rings. The first-order chi connectivity index (χ1) is 17.6. The Hall–Kier alpha value is 1.29. The third-order valence-corrected chi connectivity index (χ3v) is 8.92. The van der Waals surface area contributed by atoms with E-state index in [1.165, 1.54) is 11.8 Å². The fraction of sp³-hybridized carbons (Fsp3) is 0.938. The molecule has 20 nitrogen and oxygen atoms in total. The topological polar surface area (TPSA) is 313 Å². The molecule has 0 aromatic heterocycles. The fourth-order valence-electron chi connectivity index (χ4n) is 4.40. The van der Waals surface area contributed by atoms with Crippen LogP contribution in [0.3, 0.4) is 0 Å². The summed E-state index contributed by atoms with van der Waals surface area (Å²) >= 11 is 0. The van der Waals surface area contributed by atoms with E-state index in [0.29, 0.717) is 0 Å². The largest absolute Gasteiger partial charge is 1.00 e. The summed E-state index contributed by atoms with van der Waals surface area (Å²) in [7, 11) is -11.2. The van der Waals surface area contributed by atoms with Gasteiger partial charge in [-0.25, -0.2) is 13.8 Å². The average molecular weight is 639 g/mol. The summed E-state index contributed by atoms with van der Waals surface area (Å²) in [4.78, 5) is 27.1. The van der Waals surface area contributed by atoms with Gasteiger partial charge in [0.1, 0.15) is 42.9 Å². The third-order valence-electron chi connectivity index (χ3n) is 6.35. The van der Waals surface area contributed by atoms with E-state index in [9.17, 15) is 49.6 Å². The van der Waals surface area contributed by atoms with Crippen LogP contribution in [0.5, 0.6) is 0 Å². The van der Waals surface area contributed by atoms with Crippen LogP contribution in [0.4, 0.5) is 0 Å². The predicted octanol–water partition coefficient (Wildman–Crippen LogP) is -13.0. The van der Waals surface area contributed by atoms with Crippen molar-refractivity contribution in [2.24, 2.45) is 10.7 Å². The molecule has 4 heterocycles. The number of phosphoric acid groups is 2. The second-order valence-electron chi connectivity index (χ2n) is 9.00. The molecule has 0 bridgehead atoms. The van der Waals surface area contributed by atoms with E-state index in [0.717, 1.165) is 0 Å². The maximum atomic E-state index is 12.2. The van der Waals surface area contributed by atoms with Crippen LogP contribution in [-0.2, 0) is 32.0 Å². The molecule has 0 amide bonds. The molecular weight excluding hydrogens is 610 g/mol. The van der Waals surface area contributed by atoms with Gasteiger partial charge in [-0.3, -0.25) is 30.4 Å². The van der Waals surface area contributed by atoms with Crippen molar-refractivity contribution >= 4 is 21.5 Å². The van der Waals surface area contributed by atoms with Crippen LogP contribution < -0.4 is 85.5 Å². The Balaban J connectivity index is 0.00000280. The minimum Gasteiger partial charge on any atom is -0.861 e. The predicted molar refractivity (Wildman–Crippen MR) is 115 cm³/mol. The molecule has 5 unspecified atom stereocenters. The third kappa shape index (κ3) is 8.30. The summed E-state index contributed by atoms with van der Waals surface area (Å²) in [5.74, 6) is -0.539. The number of hydrogen-bond acceptors (Lipinski definition) is 19. The smallest absolute Gasteiger partial charge is 0.861 e. The van der Waals surface area contributed by atoms with Crippen LogP contribution in [0.1, 0.15) is 6.92 Å². The monoisotopic (exact) mass is 639 g/mol. The number of aliphatic imine (C=N–C) groups is 1. The SMILES string of the molecule is C[C@@H]1O[C@H](OP(=O)(O)OP(=O)([O-])OC[C@H]2O[C@@H](N3CNC4C([O-])=NC(N)NC43)[C@H](O)[C@@H]2O)[C@@H](O)[C@H](O)[C@@H]1O.[Na+].[Na+]. The number of nitrogens with two attached hydrogens (primary N) is 1. The number of nitrogens with one attached hydrogen (secondary N) is 2. The van der Waals surface area contributed by atoms with Crippen molar-refractivity contribution in [2.75, 3.05) is 13.3 Å². The molecule has 3 fully saturated rings. The van der Waals surface area contributed by atoms with Crippen LogP contribution in [-0.4, -0.2) is 128 Å². The van der Waals surface area contributed by atoms with E-state index in [4.69, 9.17) is 15.2 Å². The summed E-state index contributed by atoms with van der Waals surface area (Å²) < 4.78 is 47.9. The number of nitrogens with zero attached hydrogens (tertiary/aromatic N) is 2. The summed E-state index contributed by atoms with van der Waals surface area (Å²) in [5, 5.41) is 67.8. The Morgan fingerprint density at radius 2 is 1.75 bits per heavy atom. The Labute approximate surface area is 271 Å². The summed E-state index contributed by atoms with van der Waals surface area (Å²) in [5.41, 5.74) is 5.66. The maximum absolute atomic E-state index is 12.2. The fourth-order valence-corrected chi connectivity index (χ4v) is 6.52. The van der Waals surface area contributed by atoms with Crippen LogP contribution in [0.15, 0.2) is 4.99 Å². The van der Waals surface area contributed by atoms with Crippen molar-refractivity contribution in [3.63, 3.8) is 0 Å². The minimum absolute atomic E-state index is 0. The van der Waals surface area contributed by atoms with Crippen LogP contribution >= 0.6 is 15.6 Å². The molecule has 10 N–H and O–H groups in total. The second-order valence-corrected chi connectivity index (χ2v) is 12.0. The van der Waals surface area contributed by atoms with Gasteiger partial charge in [-0.2, -0.15) is 0 Å². The molecule has 4 aliphatic heterocycles. The molecule has 3 saturated heterocycles. The molecule has 4 rings (SSSR count). The van der Waals surface area contributed by atoms with Crippen molar-refractivity contribution in [1.29, 1.82) is 0 Å². The Kier molecular flexibility index (Phi) is 13.7. The van der Waals surface area contributed by atoms with E-state index >= 15 is 0 Å². The van der Waals surface area contributed by atoms with E-state index < -0.39 is 102 Å². The normalized spacial score (nSPS) is 44.9. The number of aliphatic hydroxyl groups is 5. The molecule has 0 spiro atoms. The Morgan fingerprint density at radius 3 is 2.40 bits per heavy atom. The Morgan fingerprint density at radius 1 is 1.10 bits per heavy atom. The molecule has 220 valence electrons. The molecule has 0 saturated carbocycles. The quantitative estimate of drug-likeness (QED) is 0.0879. The molecule has 0 aliphatic carbocycles. The first kappa shape index (κ1) is 37.5. The van der Waals surface area contributed by atoms with Crippen LogP contribution in [0.2, 0.25) is 0 Å². The van der Waals surface area contributed by atoms with Gasteiger partial charge in [-0.05, 0) is 12.8 Å². The van der Waals surface area contributed by atoms with E-state index in [-0.39, 0.29) is 65.8 Å². The second kappa shape index (κ2) is 14.6. The summed E-state index contributed by atoms with van der Waals surface area (Å²) in [6.07, 6.45) is -16.4. The zero-order valence-corrected chi connectivity index (χ0v) is 27.4. The first-order valence-electron chi connectivity index (χ1n) is 11.2. The number of fused-ring (bicyclic) bond motifs is 1. The van der Waals surface area contributed by atoms with Gasteiger partial charge in [0.05, 0.1) is 31.6 Å². The maximum Gasteiger partial charge on any atom is 1.00 e. The van der Waals surface area contributed by atoms with Crippen molar-refractivity contribution in [3.05, 3.63) is 0 Å². The van der Waals surface area contributed by atoms with Crippen molar-refractivity contribution in [3.8, 4) is 0 Å². The van der Waals surface area contributed by atoms with Crippen LogP contribution in [0.25, 0.3) is 0 Å². The molecule has 4 aliphatic rings. The summed E-state index contributed by atoms with van der Waals surface area (Å²) in [6, 6.07) is -0.814.